The van der Waals surface area contributed by atoms with E-state index in [1.54, 1.807) is 36.3 Å². The fraction of sp³-hybridized carbons (Fsp3) is 0.667. The Bertz CT molecular complexity index is 728. The van der Waals surface area contributed by atoms with Crippen molar-refractivity contribution in [1.29, 1.82) is 0 Å². The molecule has 0 N–H and O–H groups in total. The Kier molecular flexibility index (Phi) is 12.8. The Morgan fingerprint density at radius 3 is 1.43 bits per heavy atom. The molecule has 5 heteroatoms. The van der Waals surface area contributed by atoms with Crippen LogP contribution >= 0.6 is 0 Å². The molecule has 0 spiro atoms. The third-order valence-corrected chi connectivity index (χ3v) is 21.9. The zero-order valence-corrected chi connectivity index (χ0v) is 28.2. The summed E-state index contributed by atoms with van der Waals surface area (Å²) in [5.41, 5.74) is 7.63. The molecule has 35 heavy (non-hydrogen) atoms. The molecule has 6 aliphatic rings. The maximum atomic E-state index is 2.46. The molecule has 0 bridgehead atoms. The largest absolute Gasteiger partial charge is 4.00 e. The first-order chi connectivity index (χ1) is 15.7. The van der Waals surface area contributed by atoms with E-state index in [0.29, 0.717) is 0 Å². The Balaban J connectivity index is 0.000000227. The summed E-state index contributed by atoms with van der Waals surface area (Å²) in [6, 6.07) is 9.62. The molecular formula is C30H46Cl2Si2Zr. The third kappa shape index (κ3) is 6.27. The van der Waals surface area contributed by atoms with Crippen LogP contribution in [-0.2, 0) is 26.2 Å². The normalized spacial score (nSPS) is 28.3. The maximum Gasteiger partial charge on any atom is 4.00 e. The van der Waals surface area contributed by atoms with Crippen molar-refractivity contribution in [1.82, 2.24) is 0 Å². The van der Waals surface area contributed by atoms with E-state index in [0.717, 1.165) is 11.8 Å². The quantitative estimate of drug-likeness (QED) is 0.314. The van der Waals surface area contributed by atoms with Gasteiger partial charge in [-0.15, -0.1) is 24.3 Å². The predicted molar refractivity (Wildman–Crippen MR) is 146 cm³/mol. The van der Waals surface area contributed by atoms with Gasteiger partial charge in [0.1, 0.15) is 0 Å². The monoisotopic (exact) mass is 622 g/mol. The van der Waals surface area contributed by atoms with Gasteiger partial charge in [-0.3, -0.25) is 0 Å². The van der Waals surface area contributed by atoms with E-state index >= 15 is 0 Å². The predicted octanol–water partition coefficient (Wildman–Crippen LogP) is 3.32. The minimum Gasteiger partial charge on any atom is -1.00 e. The molecule has 0 aromatic heterocycles. The molecule has 4 aliphatic carbocycles. The van der Waals surface area contributed by atoms with Crippen LogP contribution in [0.3, 0.4) is 0 Å². The van der Waals surface area contributed by atoms with Crippen molar-refractivity contribution in [3.8, 4) is 0 Å². The van der Waals surface area contributed by atoms with Gasteiger partial charge in [0.15, 0.2) is 0 Å². The second kappa shape index (κ2) is 14.1. The van der Waals surface area contributed by atoms with Crippen molar-refractivity contribution < 1.29 is 51.0 Å². The summed E-state index contributed by atoms with van der Waals surface area (Å²) >= 11 is 0. The molecule has 2 heterocycles. The summed E-state index contributed by atoms with van der Waals surface area (Å²) in [6.45, 7) is 4.77. The molecule has 2 saturated carbocycles. The van der Waals surface area contributed by atoms with Crippen LogP contribution in [0.15, 0.2) is 47.6 Å². The van der Waals surface area contributed by atoms with Gasteiger partial charge in [0.05, 0.1) is 0 Å². The van der Waals surface area contributed by atoms with E-state index < -0.39 is 16.1 Å². The van der Waals surface area contributed by atoms with Crippen molar-refractivity contribution in [2.45, 2.75) is 114 Å². The molecule has 2 aliphatic heterocycles. The summed E-state index contributed by atoms with van der Waals surface area (Å²) in [4.78, 5) is 0. The van der Waals surface area contributed by atoms with Crippen LogP contribution in [0.2, 0.25) is 36.3 Å². The SMILES string of the molecule is CCC[Si]1([C-]2CCC3CC=CC=C23)CCC1.CCC[Si]1([C-]2CCC3CC=CC=C23)CCC1.[Cl-].[Cl-].[Zr+4]. The minimum absolute atomic E-state index is 0. The number of hydrogen-bond donors (Lipinski definition) is 0. The van der Waals surface area contributed by atoms with E-state index in [1.165, 1.54) is 64.2 Å². The third-order valence-electron chi connectivity index (χ3n) is 10.1. The van der Waals surface area contributed by atoms with Crippen molar-refractivity contribution in [2.75, 3.05) is 0 Å². The smallest absolute Gasteiger partial charge is 1.00 e. The summed E-state index contributed by atoms with van der Waals surface area (Å²) in [6.07, 6.45) is 28.7. The zero-order chi connectivity index (χ0) is 22.0. The first-order valence-electron chi connectivity index (χ1n) is 14.2. The summed E-state index contributed by atoms with van der Waals surface area (Å²) in [5.74, 6) is 1.84. The summed E-state index contributed by atoms with van der Waals surface area (Å²) < 4.78 is 0. The average Bonchev–Trinajstić information content (AvgIpc) is 3.39. The van der Waals surface area contributed by atoms with E-state index in [-0.39, 0.29) is 51.0 Å². The zero-order valence-electron chi connectivity index (χ0n) is 22.2. The van der Waals surface area contributed by atoms with Crippen LogP contribution in [0.1, 0.15) is 78.1 Å². The van der Waals surface area contributed by atoms with Crippen molar-refractivity contribution in [3.05, 3.63) is 58.7 Å². The van der Waals surface area contributed by atoms with Gasteiger partial charge in [0, 0.05) is 0 Å². The molecule has 0 aromatic rings. The molecule has 2 atom stereocenters. The Morgan fingerprint density at radius 1 is 0.714 bits per heavy atom. The molecular weight excluding hydrogens is 579 g/mol. The van der Waals surface area contributed by atoms with Gasteiger partial charge in [0.2, 0.25) is 0 Å². The van der Waals surface area contributed by atoms with Gasteiger partial charge in [-0.25, -0.2) is 34.4 Å². The molecule has 0 aromatic carbocycles. The van der Waals surface area contributed by atoms with Crippen LogP contribution in [0.4, 0.5) is 0 Å². The molecule has 192 valence electrons. The van der Waals surface area contributed by atoms with Crippen LogP contribution in [0, 0.1) is 22.9 Å². The second-order valence-electron chi connectivity index (χ2n) is 11.8. The summed E-state index contributed by atoms with van der Waals surface area (Å²) in [5, 5.41) is 0. The number of rotatable bonds is 6. The van der Waals surface area contributed by atoms with Crippen LogP contribution < -0.4 is 24.8 Å². The van der Waals surface area contributed by atoms with Gasteiger partial charge in [-0.2, -0.15) is 0 Å². The molecule has 4 fully saturated rings. The first kappa shape index (κ1) is 31.8. The minimum atomic E-state index is -0.904. The van der Waals surface area contributed by atoms with Gasteiger partial charge in [0.25, 0.3) is 0 Å². The Morgan fingerprint density at radius 2 is 1.11 bits per heavy atom. The van der Waals surface area contributed by atoms with E-state index in [4.69, 9.17) is 0 Å². The molecule has 2 unspecified atom stereocenters. The van der Waals surface area contributed by atoms with E-state index in [9.17, 15) is 0 Å². The van der Waals surface area contributed by atoms with E-state index in [1.807, 2.05) is 22.2 Å². The van der Waals surface area contributed by atoms with Crippen molar-refractivity contribution >= 4 is 16.1 Å². The number of fused-ring (bicyclic) bond motifs is 2. The topological polar surface area (TPSA) is 0 Å². The van der Waals surface area contributed by atoms with Crippen LogP contribution in [0.25, 0.3) is 0 Å². The van der Waals surface area contributed by atoms with Crippen molar-refractivity contribution in [3.63, 3.8) is 0 Å². The molecule has 6 rings (SSSR count). The molecule has 0 radical (unpaired) electrons. The molecule has 0 nitrogen and oxygen atoms in total. The molecule has 0 amide bonds. The first-order valence-corrected chi connectivity index (χ1v) is 19.4. The number of halogens is 2. The van der Waals surface area contributed by atoms with Gasteiger partial charge in [-0.05, 0) is 40.8 Å². The summed E-state index contributed by atoms with van der Waals surface area (Å²) in [7, 11) is -1.81. The Labute approximate surface area is 250 Å². The van der Waals surface area contributed by atoms with Gasteiger partial charge < -0.3 is 24.8 Å². The Hall–Kier alpha value is 0.597. The number of hydrogen-bond acceptors (Lipinski definition) is 0. The average molecular weight is 625 g/mol. The van der Waals surface area contributed by atoms with Crippen molar-refractivity contribution in [2.24, 2.45) is 11.8 Å². The van der Waals surface area contributed by atoms with Gasteiger partial charge in [-0.1, -0.05) is 101 Å². The fourth-order valence-electron chi connectivity index (χ4n) is 8.23. The molecule has 2 saturated heterocycles. The number of allylic oxidation sites excluding steroid dienone is 8. The standard InChI is InChI=1S/2C15H23Si.2ClH.Zr/c2*1-2-10-16(11-5-12-16)15-9-8-13-6-3-4-7-14(13)15;;;/h2*3-4,7,13H,2,5-6,8-12H2,1H3;2*1H;/q2*-1;;;+4/p-2. The maximum absolute atomic E-state index is 2.46. The van der Waals surface area contributed by atoms with Crippen LogP contribution in [0.5, 0.6) is 0 Å². The second-order valence-corrected chi connectivity index (χ2v) is 21.1. The fourth-order valence-corrected chi connectivity index (χ4v) is 18.5. The van der Waals surface area contributed by atoms with Crippen LogP contribution in [-0.4, -0.2) is 16.1 Å². The van der Waals surface area contributed by atoms with Gasteiger partial charge >= 0.3 is 26.2 Å². The van der Waals surface area contributed by atoms with E-state index in [2.05, 4.69) is 50.3 Å².